The monoisotopic (exact) mass is 1380 g/mol. The third-order valence-electron chi connectivity index (χ3n) is 18.1. The Morgan fingerprint density at radius 2 is 0.588 bits per heavy atom. The number of allylic oxidation sites excluding steroid dienone is 18. The Balaban J connectivity index is 3.98. The van der Waals surface area contributed by atoms with E-state index in [2.05, 4.69) is 123 Å². The minimum Gasteiger partial charge on any atom is -0.462 e. The molecule has 0 radical (unpaired) electrons. The topological polar surface area (TPSA) is 108 Å². The first-order chi connectivity index (χ1) is 47.5. The van der Waals surface area contributed by atoms with E-state index in [4.69, 9.17) is 18.5 Å². The number of phosphoric acid groups is 1. The van der Waals surface area contributed by atoms with Crippen molar-refractivity contribution in [3.05, 3.63) is 109 Å². The first-order valence-corrected chi connectivity index (χ1v) is 42.6. The molecule has 0 rings (SSSR count). The van der Waals surface area contributed by atoms with Crippen molar-refractivity contribution in [1.82, 2.24) is 0 Å². The normalized spacial score (nSPS) is 13.6. The van der Waals surface area contributed by atoms with E-state index in [0.717, 1.165) is 103 Å². The lowest BCUT2D eigenvalue weighted by molar-refractivity contribution is -0.870. The maximum absolute atomic E-state index is 12.9. The second-order valence-corrected chi connectivity index (χ2v) is 30.2. The predicted octanol–water partition coefficient (Wildman–Crippen LogP) is 27.6. The van der Waals surface area contributed by atoms with Gasteiger partial charge in [-0.2, -0.15) is 0 Å². The van der Waals surface area contributed by atoms with Crippen molar-refractivity contribution in [2.45, 2.75) is 386 Å². The standard InChI is InChI=1S/C87H156NO8P/c1-6-8-10-12-14-16-18-20-22-24-26-28-30-32-34-36-38-40-42-44-46-48-50-52-54-56-58-60-62-64-66-68-70-72-74-76-78-80-87(90)96-85(84-95-97(91,92)94-82-81-88(3,4)5)83-93-86(89)79-77-75-73-71-69-67-65-63-61-59-57-55-53-51-49-47-45-43-41-39-37-35-33-31-29-27-25-23-21-19-17-15-13-11-9-7-2/h8,10,14,16,20,22,26,28,32,34,38,40,44,46,50,52,56,58,85H,6-7,9,11-13,15,17-19,21,23-25,27,29-31,33,35-37,39,41-43,45,47-49,51,53-55,57,59-84H2,1-5H3/p+1/b10-8-,16-14-,22-20-,28-26-,34-32-,40-38-,46-44-,52-50-,58-56-. The molecule has 9 nitrogen and oxygen atoms in total. The summed E-state index contributed by atoms with van der Waals surface area (Å²) in [6.45, 7) is 4.36. The van der Waals surface area contributed by atoms with Gasteiger partial charge in [-0.3, -0.25) is 18.6 Å². The van der Waals surface area contributed by atoms with Crippen molar-refractivity contribution in [3.63, 3.8) is 0 Å². The van der Waals surface area contributed by atoms with Gasteiger partial charge in [-0.15, -0.1) is 0 Å². The maximum Gasteiger partial charge on any atom is 0.472 e. The Kier molecular flexibility index (Phi) is 74.2. The van der Waals surface area contributed by atoms with Crippen LogP contribution in [0, 0.1) is 0 Å². The Hall–Kier alpha value is -3.33. The van der Waals surface area contributed by atoms with E-state index >= 15 is 0 Å². The van der Waals surface area contributed by atoms with Crippen LogP contribution in [0.2, 0.25) is 0 Å². The van der Waals surface area contributed by atoms with E-state index in [0.29, 0.717) is 17.4 Å². The Morgan fingerprint density at radius 3 is 0.876 bits per heavy atom. The summed E-state index contributed by atoms with van der Waals surface area (Å²) in [5.41, 5.74) is 0. The number of esters is 2. The van der Waals surface area contributed by atoms with E-state index in [1.807, 2.05) is 21.1 Å². The highest BCUT2D eigenvalue weighted by Crippen LogP contribution is 2.43. The van der Waals surface area contributed by atoms with Gasteiger partial charge in [0.05, 0.1) is 27.7 Å². The molecule has 0 aliphatic rings. The number of hydrogen-bond donors (Lipinski definition) is 1. The van der Waals surface area contributed by atoms with Gasteiger partial charge in [-0.25, -0.2) is 4.57 Å². The molecule has 562 valence electrons. The minimum atomic E-state index is -4.40. The summed E-state index contributed by atoms with van der Waals surface area (Å²) in [4.78, 5) is 36.0. The number of rotatable bonds is 76. The molecule has 0 aromatic heterocycles. The van der Waals surface area contributed by atoms with Gasteiger partial charge in [0.15, 0.2) is 6.10 Å². The lowest BCUT2D eigenvalue weighted by Gasteiger charge is -2.24. The summed E-state index contributed by atoms with van der Waals surface area (Å²) in [5.74, 6) is -0.793. The quantitative estimate of drug-likeness (QED) is 0.0211. The van der Waals surface area contributed by atoms with Crippen molar-refractivity contribution in [2.75, 3.05) is 47.5 Å². The van der Waals surface area contributed by atoms with E-state index in [1.54, 1.807) is 0 Å². The van der Waals surface area contributed by atoms with Gasteiger partial charge in [0, 0.05) is 12.8 Å². The van der Waals surface area contributed by atoms with Gasteiger partial charge in [0.1, 0.15) is 19.8 Å². The smallest absolute Gasteiger partial charge is 0.462 e. The summed E-state index contributed by atoms with van der Waals surface area (Å²) < 4.78 is 34.8. The number of likely N-dealkylation sites (N-methyl/N-ethyl adjacent to an activating group) is 1. The maximum atomic E-state index is 12.9. The second-order valence-electron chi connectivity index (χ2n) is 28.8. The SMILES string of the molecule is CC/C=C\C/C=C\C/C=C\C/C=C\C/C=C\C/C=C\C/C=C\C/C=C\C/C=C\CCCCCCCCCCCC(=O)OC(COC(=O)CCCCCCCCCCCCCCCCCCCCCCCCCCCCCCCCCCCCCC)COP(=O)(O)OCC[N+](C)(C)C. The molecule has 0 aromatic rings. The van der Waals surface area contributed by atoms with E-state index in [1.165, 1.54) is 244 Å². The van der Waals surface area contributed by atoms with Gasteiger partial charge in [0.25, 0.3) is 0 Å². The zero-order valence-electron chi connectivity index (χ0n) is 64.3. The zero-order chi connectivity index (χ0) is 70.4. The highest BCUT2D eigenvalue weighted by Gasteiger charge is 2.27. The van der Waals surface area contributed by atoms with Crippen LogP contribution in [0.3, 0.4) is 0 Å². The molecule has 0 aliphatic carbocycles. The summed E-state index contributed by atoms with van der Waals surface area (Å²) in [7, 11) is 1.48. The van der Waals surface area contributed by atoms with Crippen LogP contribution in [-0.4, -0.2) is 74.9 Å². The van der Waals surface area contributed by atoms with Crippen molar-refractivity contribution in [2.24, 2.45) is 0 Å². The summed E-state index contributed by atoms with van der Waals surface area (Å²) in [6.07, 6.45) is 110. The minimum absolute atomic E-state index is 0.0277. The Morgan fingerprint density at radius 1 is 0.330 bits per heavy atom. The molecule has 0 heterocycles. The molecule has 0 amide bonds. The van der Waals surface area contributed by atoms with Crippen molar-refractivity contribution >= 4 is 19.8 Å². The van der Waals surface area contributed by atoms with Gasteiger partial charge < -0.3 is 18.9 Å². The average Bonchev–Trinajstić information content (AvgIpc) is 1.41. The fourth-order valence-electron chi connectivity index (χ4n) is 11.8. The first-order valence-electron chi connectivity index (χ1n) is 41.1. The number of phosphoric ester groups is 1. The Labute approximate surface area is 601 Å². The van der Waals surface area contributed by atoms with Crippen LogP contribution < -0.4 is 0 Å². The molecule has 2 unspecified atom stereocenters. The molecule has 1 N–H and O–H groups in total. The number of quaternary nitrogens is 1. The molecule has 0 aromatic carbocycles. The van der Waals surface area contributed by atoms with E-state index in [-0.39, 0.29) is 32.0 Å². The second kappa shape index (κ2) is 76.8. The van der Waals surface area contributed by atoms with E-state index in [9.17, 15) is 19.0 Å². The third kappa shape index (κ3) is 81.5. The molecule has 10 heteroatoms. The largest absolute Gasteiger partial charge is 0.472 e. The summed E-state index contributed by atoms with van der Waals surface area (Å²) in [6, 6.07) is 0. The summed E-state index contributed by atoms with van der Waals surface area (Å²) >= 11 is 0. The van der Waals surface area contributed by atoms with Crippen molar-refractivity contribution in [3.8, 4) is 0 Å². The van der Waals surface area contributed by atoms with Gasteiger partial charge >= 0.3 is 19.8 Å². The number of ether oxygens (including phenoxy) is 2. The molecular weight excluding hydrogens is 1220 g/mol. The predicted molar refractivity (Wildman–Crippen MR) is 422 cm³/mol. The summed E-state index contributed by atoms with van der Waals surface area (Å²) in [5, 5.41) is 0. The van der Waals surface area contributed by atoms with Crippen LogP contribution in [0.25, 0.3) is 0 Å². The van der Waals surface area contributed by atoms with Crippen molar-refractivity contribution < 1.29 is 42.1 Å². The fourth-order valence-corrected chi connectivity index (χ4v) is 12.6. The fraction of sp³-hybridized carbons (Fsp3) is 0.770. The number of unbranched alkanes of at least 4 members (excludes halogenated alkanes) is 44. The van der Waals surface area contributed by atoms with Crippen LogP contribution in [-0.2, 0) is 32.7 Å². The highest BCUT2D eigenvalue weighted by atomic mass is 31.2. The number of hydrogen-bond acceptors (Lipinski definition) is 7. The number of nitrogens with zero attached hydrogens (tertiary/aromatic N) is 1. The zero-order valence-corrected chi connectivity index (χ0v) is 65.2. The van der Waals surface area contributed by atoms with Crippen molar-refractivity contribution in [1.29, 1.82) is 0 Å². The van der Waals surface area contributed by atoms with Crippen LogP contribution in [0.1, 0.15) is 380 Å². The third-order valence-corrected chi connectivity index (χ3v) is 19.1. The number of carbonyl (C=O) groups excluding carboxylic acids is 2. The molecule has 0 saturated heterocycles. The highest BCUT2D eigenvalue weighted by molar-refractivity contribution is 7.47. The van der Waals surface area contributed by atoms with Gasteiger partial charge in [0.2, 0.25) is 0 Å². The molecule has 0 fully saturated rings. The Bertz CT molecular complexity index is 2010. The molecule has 0 saturated carbocycles. The molecule has 0 bridgehead atoms. The lowest BCUT2D eigenvalue weighted by atomic mass is 10.0. The van der Waals surface area contributed by atoms with Crippen LogP contribution >= 0.6 is 7.82 Å². The van der Waals surface area contributed by atoms with Crippen LogP contribution in [0.5, 0.6) is 0 Å². The average molecular weight is 1380 g/mol. The lowest BCUT2D eigenvalue weighted by Crippen LogP contribution is -2.37. The first kappa shape index (κ1) is 93.7. The van der Waals surface area contributed by atoms with Crippen LogP contribution in [0.15, 0.2) is 109 Å². The molecule has 0 aliphatic heterocycles. The number of carbonyl (C=O) groups is 2. The molecule has 0 spiro atoms. The molecule has 97 heavy (non-hydrogen) atoms. The van der Waals surface area contributed by atoms with E-state index < -0.39 is 26.5 Å². The molecular formula is C87H157NO8P+. The van der Waals surface area contributed by atoms with Crippen LogP contribution in [0.4, 0.5) is 0 Å². The molecule has 2 atom stereocenters. The van der Waals surface area contributed by atoms with Gasteiger partial charge in [-0.1, -0.05) is 393 Å². The van der Waals surface area contributed by atoms with Gasteiger partial charge in [-0.05, 0) is 83.5 Å².